The minimum absolute atomic E-state index is 0.478. The van der Waals surface area contributed by atoms with Gasteiger partial charge in [-0.3, -0.25) is 0 Å². The van der Waals surface area contributed by atoms with Gasteiger partial charge in [0.25, 0.3) is 0 Å². The third kappa shape index (κ3) is 4.10. The maximum absolute atomic E-state index is 5.86. The second-order valence-electron chi connectivity index (χ2n) is 4.41. The number of alkyl halides is 1. The lowest BCUT2D eigenvalue weighted by Gasteiger charge is -2.16. The lowest BCUT2D eigenvalue weighted by molar-refractivity contribution is 0.270. The smallest absolute Gasteiger partial charge is 0.122 e. The molecular weight excluding hydrogens is 332 g/mol. The van der Waals surface area contributed by atoms with Gasteiger partial charge in [0.15, 0.2) is 0 Å². The first-order valence-corrected chi connectivity index (χ1v) is 7.44. The molecule has 0 bridgehead atoms. The summed E-state index contributed by atoms with van der Waals surface area (Å²) in [5.74, 6) is 2.02. The Morgan fingerprint density at radius 2 is 1.94 bits per heavy atom. The van der Waals surface area contributed by atoms with E-state index in [1.54, 1.807) is 0 Å². The largest absolute Gasteiger partial charge is 0.493 e. The first kappa shape index (κ1) is 14.0. The highest BCUT2D eigenvalue weighted by molar-refractivity contribution is 9.10. The molecule has 1 nitrogen and oxygen atoms in total. The van der Waals surface area contributed by atoms with E-state index in [9.17, 15) is 0 Å². The molecule has 0 aliphatic carbocycles. The highest BCUT2D eigenvalue weighted by atomic mass is 79.9. The van der Waals surface area contributed by atoms with Crippen LogP contribution in [0.3, 0.4) is 0 Å². The molecule has 0 radical (unpaired) electrons. The number of hydrogen-bond donors (Lipinski definition) is 0. The first-order valence-electron chi connectivity index (χ1n) is 5.52. The van der Waals surface area contributed by atoms with Crippen molar-refractivity contribution in [1.82, 2.24) is 0 Å². The zero-order valence-electron chi connectivity index (χ0n) is 9.97. The fourth-order valence-corrected chi connectivity index (χ4v) is 1.94. The van der Waals surface area contributed by atoms with Crippen molar-refractivity contribution < 1.29 is 4.74 Å². The van der Waals surface area contributed by atoms with E-state index >= 15 is 0 Å². The Hall–Kier alpha value is -0.0200. The van der Waals surface area contributed by atoms with Crippen LogP contribution >= 0.6 is 31.9 Å². The van der Waals surface area contributed by atoms with Gasteiger partial charge in [-0.05, 0) is 35.6 Å². The van der Waals surface area contributed by atoms with E-state index in [4.69, 9.17) is 4.74 Å². The fourth-order valence-electron chi connectivity index (χ4n) is 1.38. The van der Waals surface area contributed by atoms with E-state index in [0.29, 0.717) is 11.8 Å². The SMILES string of the molecule is CC(CBr)COc1ccc(Br)cc1C(C)C. The van der Waals surface area contributed by atoms with Crippen LogP contribution in [0.4, 0.5) is 0 Å². The minimum Gasteiger partial charge on any atom is -0.493 e. The Labute approximate surface area is 115 Å². The van der Waals surface area contributed by atoms with E-state index in [1.165, 1.54) is 5.56 Å². The van der Waals surface area contributed by atoms with Gasteiger partial charge in [-0.1, -0.05) is 52.6 Å². The fraction of sp³-hybridized carbons (Fsp3) is 0.538. The quantitative estimate of drug-likeness (QED) is 0.681. The molecule has 0 aliphatic rings. The van der Waals surface area contributed by atoms with Crippen molar-refractivity contribution in [1.29, 1.82) is 0 Å². The molecule has 3 heteroatoms. The maximum Gasteiger partial charge on any atom is 0.122 e. The molecule has 0 saturated heterocycles. The van der Waals surface area contributed by atoms with Crippen LogP contribution in [0, 0.1) is 5.92 Å². The van der Waals surface area contributed by atoms with Gasteiger partial charge in [0.2, 0.25) is 0 Å². The van der Waals surface area contributed by atoms with Gasteiger partial charge in [0, 0.05) is 9.80 Å². The first-order chi connectivity index (χ1) is 7.54. The predicted octanol–water partition coefficient (Wildman–Crippen LogP) is 4.98. The van der Waals surface area contributed by atoms with Crippen LogP contribution in [0.1, 0.15) is 32.3 Å². The average molecular weight is 350 g/mol. The highest BCUT2D eigenvalue weighted by Gasteiger charge is 2.09. The zero-order valence-corrected chi connectivity index (χ0v) is 13.1. The summed E-state index contributed by atoms with van der Waals surface area (Å²) in [6.45, 7) is 7.29. The molecule has 0 amide bonds. The lowest BCUT2D eigenvalue weighted by Crippen LogP contribution is -2.10. The molecule has 1 atom stereocenters. The standard InChI is InChI=1S/C13H18Br2O/c1-9(2)12-6-11(15)4-5-13(12)16-8-10(3)7-14/h4-6,9-10H,7-8H2,1-3H3. The normalized spacial score (nSPS) is 12.9. The maximum atomic E-state index is 5.86. The van der Waals surface area contributed by atoms with Gasteiger partial charge in [-0.15, -0.1) is 0 Å². The van der Waals surface area contributed by atoms with Crippen molar-refractivity contribution in [3.05, 3.63) is 28.2 Å². The van der Waals surface area contributed by atoms with E-state index < -0.39 is 0 Å². The molecule has 1 aromatic carbocycles. The van der Waals surface area contributed by atoms with Gasteiger partial charge >= 0.3 is 0 Å². The van der Waals surface area contributed by atoms with Crippen LogP contribution in [0.15, 0.2) is 22.7 Å². The summed E-state index contributed by atoms with van der Waals surface area (Å²) in [5.41, 5.74) is 1.26. The topological polar surface area (TPSA) is 9.23 Å². The molecule has 0 fully saturated rings. The number of halogens is 2. The van der Waals surface area contributed by atoms with Crippen LogP contribution in [0.25, 0.3) is 0 Å². The van der Waals surface area contributed by atoms with Crippen molar-refractivity contribution in [2.45, 2.75) is 26.7 Å². The Morgan fingerprint density at radius 1 is 1.25 bits per heavy atom. The second kappa shape index (κ2) is 6.65. The average Bonchev–Trinajstić information content (AvgIpc) is 2.26. The van der Waals surface area contributed by atoms with E-state index in [2.05, 4.69) is 58.7 Å². The van der Waals surface area contributed by atoms with E-state index in [0.717, 1.165) is 22.2 Å². The van der Waals surface area contributed by atoms with Crippen LogP contribution in [0.2, 0.25) is 0 Å². The summed E-state index contributed by atoms with van der Waals surface area (Å²) in [6.07, 6.45) is 0. The van der Waals surface area contributed by atoms with Crippen molar-refractivity contribution in [2.24, 2.45) is 5.92 Å². The summed E-state index contributed by atoms with van der Waals surface area (Å²) in [5, 5.41) is 0.973. The van der Waals surface area contributed by atoms with Crippen molar-refractivity contribution in [3.8, 4) is 5.75 Å². The van der Waals surface area contributed by atoms with Crippen LogP contribution in [-0.2, 0) is 0 Å². The molecule has 0 saturated carbocycles. The Morgan fingerprint density at radius 3 is 2.50 bits per heavy atom. The molecule has 1 unspecified atom stereocenters. The number of rotatable bonds is 5. The number of benzene rings is 1. The molecule has 0 spiro atoms. The molecule has 0 aliphatic heterocycles. The summed E-state index contributed by atoms with van der Waals surface area (Å²) in [7, 11) is 0. The molecule has 90 valence electrons. The molecule has 1 aromatic rings. The Bertz CT molecular complexity index is 337. The monoisotopic (exact) mass is 348 g/mol. The minimum atomic E-state index is 0.478. The van der Waals surface area contributed by atoms with Crippen molar-refractivity contribution in [2.75, 3.05) is 11.9 Å². The van der Waals surface area contributed by atoms with Crippen LogP contribution in [-0.4, -0.2) is 11.9 Å². The third-order valence-corrected chi connectivity index (χ3v) is 3.98. The van der Waals surface area contributed by atoms with E-state index in [-0.39, 0.29) is 0 Å². The Kier molecular flexibility index (Phi) is 5.84. The molecule has 1 rings (SSSR count). The third-order valence-electron chi connectivity index (χ3n) is 2.38. The van der Waals surface area contributed by atoms with E-state index in [1.807, 2.05) is 12.1 Å². The molecule has 0 N–H and O–H groups in total. The highest BCUT2D eigenvalue weighted by Crippen LogP contribution is 2.29. The van der Waals surface area contributed by atoms with Gasteiger partial charge < -0.3 is 4.74 Å². The summed E-state index contributed by atoms with van der Waals surface area (Å²) < 4.78 is 6.96. The van der Waals surface area contributed by atoms with Crippen LogP contribution < -0.4 is 4.74 Å². The van der Waals surface area contributed by atoms with Crippen molar-refractivity contribution in [3.63, 3.8) is 0 Å². The molecule has 0 heterocycles. The number of ether oxygens (including phenoxy) is 1. The molecule has 0 aromatic heterocycles. The Balaban J connectivity index is 2.78. The second-order valence-corrected chi connectivity index (χ2v) is 5.97. The van der Waals surface area contributed by atoms with Gasteiger partial charge in [0.05, 0.1) is 6.61 Å². The lowest BCUT2D eigenvalue weighted by atomic mass is 10.0. The summed E-state index contributed by atoms with van der Waals surface area (Å²) in [6, 6.07) is 6.21. The van der Waals surface area contributed by atoms with Gasteiger partial charge in [-0.2, -0.15) is 0 Å². The van der Waals surface area contributed by atoms with Gasteiger partial charge in [-0.25, -0.2) is 0 Å². The molecular formula is C13H18Br2O. The summed E-state index contributed by atoms with van der Waals surface area (Å²) >= 11 is 6.96. The van der Waals surface area contributed by atoms with Gasteiger partial charge in [0.1, 0.15) is 5.75 Å². The zero-order chi connectivity index (χ0) is 12.1. The molecule has 16 heavy (non-hydrogen) atoms. The van der Waals surface area contributed by atoms with Crippen LogP contribution in [0.5, 0.6) is 5.75 Å². The van der Waals surface area contributed by atoms with Crippen molar-refractivity contribution >= 4 is 31.9 Å². The summed E-state index contributed by atoms with van der Waals surface area (Å²) in [4.78, 5) is 0. The predicted molar refractivity (Wildman–Crippen MR) is 76.7 cm³/mol. The number of hydrogen-bond acceptors (Lipinski definition) is 1.